The van der Waals surface area contributed by atoms with Crippen molar-refractivity contribution in [1.82, 2.24) is 9.97 Å². The van der Waals surface area contributed by atoms with Gasteiger partial charge in [0.25, 0.3) is 0 Å². The summed E-state index contributed by atoms with van der Waals surface area (Å²) in [4.78, 5) is 7.71. The number of benzene rings is 2. The number of methoxy groups -OCH3 is 1. The van der Waals surface area contributed by atoms with Gasteiger partial charge in [-0.05, 0) is 53.4 Å². The average molecular weight is 394 g/mol. The molecule has 0 N–H and O–H groups in total. The molecule has 0 fully saturated rings. The Bertz CT molecular complexity index is 1200. The van der Waals surface area contributed by atoms with Gasteiger partial charge in [0.05, 0.1) is 13.0 Å². The first-order valence-electron chi connectivity index (χ1n) is 9.13. The highest BCUT2D eigenvalue weighted by molar-refractivity contribution is 5.80. The maximum atomic E-state index is 13.4. The van der Waals surface area contributed by atoms with E-state index >= 15 is 0 Å². The number of rotatable bonds is 3. The van der Waals surface area contributed by atoms with E-state index in [4.69, 9.17) is 13.9 Å². The molecule has 1 unspecified atom stereocenters. The highest BCUT2D eigenvalue weighted by Crippen LogP contribution is 2.36. The van der Waals surface area contributed by atoms with Gasteiger partial charge in [0.2, 0.25) is 17.8 Å². The van der Waals surface area contributed by atoms with Crippen LogP contribution in [0, 0.1) is 11.9 Å². The zero-order valence-corrected chi connectivity index (χ0v) is 15.5. The first-order chi connectivity index (χ1) is 14.1. The summed E-state index contributed by atoms with van der Waals surface area (Å²) in [5, 5.41) is 0. The van der Waals surface area contributed by atoms with E-state index in [0.29, 0.717) is 41.1 Å². The third-order valence-corrected chi connectivity index (χ3v) is 5.02. The summed E-state index contributed by atoms with van der Waals surface area (Å²) in [6, 6.07) is 13.3. The van der Waals surface area contributed by atoms with Crippen LogP contribution in [0.3, 0.4) is 0 Å². The molecule has 1 aliphatic rings. The van der Waals surface area contributed by atoms with Gasteiger partial charge < -0.3 is 13.9 Å². The maximum absolute atomic E-state index is 13.4. The van der Waals surface area contributed by atoms with Crippen molar-refractivity contribution >= 4 is 11.1 Å². The molecule has 2 aromatic heterocycles. The van der Waals surface area contributed by atoms with Gasteiger partial charge in [-0.3, -0.25) is 0 Å². The lowest BCUT2D eigenvalue weighted by Crippen LogP contribution is -2.19. The molecule has 4 aromatic rings. The summed E-state index contributed by atoms with van der Waals surface area (Å²) in [6.07, 6.45) is 0.715. The molecule has 3 heterocycles. The standard InChI is InChI=1S/C22H16F2N2O3/c1-27-16-3-5-18-14(7-16)6-15(11-28-18)22-25-17-4-2-12(8-19(17)29-22)13-9-20(23)26-21(24)10-13/h2-5,7-10,15H,6,11H2,1H3. The predicted octanol–water partition coefficient (Wildman–Crippen LogP) is 4.90. The highest BCUT2D eigenvalue weighted by atomic mass is 19.1. The van der Waals surface area contributed by atoms with Gasteiger partial charge in [0, 0.05) is 12.1 Å². The second-order valence-corrected chi connectivity index (χ2v) is 6.92. The highest BCUT2D eigenvalue weighted by Gasteiger charge is 2.26. The molecule has 146 valence electrons. The van der Waals surface area contributed by atoms with E-state index in [2.05, 4.69) is 9.97 Å². The zero-order chi connectivity index (χ0) is 20.0. The van der Waals surface area contributed by atoms with Crippen LogP contribution in [0.25, 0.3) is 22.2 Å². The van der Waals surface area contributed by atoms with Crippen LogP contribution in [0.15, 0.2) is 52.9 Å². The average Bonchev–Trinajstić information content (AvgIpc) is 3.15. The van der Waals surface area contributed by atoms with Crippen molar-refractivity contribution in [2.45, 2.75) is 12.3 Å². The van der Waals surface area contributed by atoms with Gasteiger partial charge in [0.15, 0.2) is 5.58 Å². The van der Waals surface area contributed by atoms with Crippen LogP contribution >= 0.6 is 0 Å². The van der Waals surface area contributed by atoms with Gasteiger partial charge in [-0.25, -0.2) is 4.98 Å². The van der Waals surface area contributed by atoms with Crippen molar-refractivity contribution in [2.75, 3.05) is 13.7 Å². The van der Waals surface area contributed by atoms with Gasteiger partial charge >= 0.3 is 0 Å². The Morgan fingerprint density at radius 3 is 2.59 bits per heavy atom. The molecule has 0 aliphatic carbocycles. The van der Waals surface area contributed by atoms with Crippen molar-refractivity contribution in [3.05, 3.63) is 71.9 Å². The molecule has 7 heteroatoms. The minimum atomic E-state index is -0.869. The van der Waals surface area contributed by atoms with Crippen molar-refractivity contribution in [3.63, 3.8) is 0 Å². The molecule has 0 saturated heterocycles. The molecule has 1 aliphatic heterocycles. The van der Waals surface area contributed by atoms with E-state index in [9.17, 15) is 8.78 Å². The minimum Gasteiger partial charge on any atom is -0.497 e. The lowest BCUT2D eigenvalue weighted by atomic mass is 9.96. The molecular formula is C22H16F2N2O3. The number of fused-ring (bicyclic) bond motifs is 2. The summed E-state index contributed by atoms with van der Waals surface area (Å²) in [7, 11) is 1.63. The molecule has 0 bridgehead atoms. The number of oxazole rings is 1. The summed E-state index contributed by atoms with van der Waals surface area (Å²) < 4.78 is 44.0. The van der Waals surface area contributed by atoms with E-state index in [1.165, 1.54) is 12.1 Å². The van der Waals surface area contributed by atoms with Crippen LogP contribution in [-0.2, 0) is 6.42 Å². The Morgan fingerprint density at radius 1 is 0.966 bits per heavy atom. The molecule has 29 heavy (non-hydrogen) atoms. The number of pyridine rings is 1. The number of ether oxygens (including phenoxy) is 2. The minimum absolute atomic E-state index is 0.0405. The number of nitrogens with zero attached hydrogens (tertiary/aromatic N) is 2. The van der Waals surface area contributed by atoms with Crippen LogP contribution in [-0.4, -0.2) is 23.7 Å². The fourth-order valence-corrected chi connectivity index (χ4v) is 3.58. The van der Waals surface area contributed by atoms with E-state index in [0.717, 1.165) is 17.1 Å². The number of hydrogen-bond acceptors (Lipinski definition) is 5. The first-order valence-corrected chi connectivity index (χ1v) is 9.13. The van der Waals surface area contributed by atoms with Crippen LogP contribution in [0.1, 0.15) is 17.4 Å². The lowest BCUT2D eigenvalue weighted by molar-refractivity contribution is 0.243. The fraction of sp³-hybridized carbons (Fsp3) is 0.182. The van der Waals surface area contributed by atoms with Crippen molar-refractivity contribution in [1.29, 1.82) is 0 Å². The summed E-state index contributed by atoms with van der Waals surface area (Å²) in [5.74, 6) is 0.395. The normalized spacial score (nSPS) is 15.8. The van der Waals surface area contributed by atoms with Crippen molar-refractivity contribution < 1.29 is 22.7 Å². The Hall–Kier alpha value is -3.48. The Labute approximate surface area is 164 Å². The Morgan fingerprint density at radius 2 is 1.79 bits per heavy atom. The summed E-state index contributed by atoms with van der Waals surface area (Å²) in [6.45, 7) is 0.458. The molecule has 1 atom stereocenters. The lowest BCUT2D eigenvalue weighted by Gasteiger charge is -2.23. The number of hydrogen-bond donors (Lipinski definition) is 0. The number of halogens is 2. The van der Waals surface area contributed by atoms with E-state index in [1.807, 2.05) is 18.2 Å². The molecule has 2 aromatic carbocycles. The third-order valence-electron chi connectivity index (χ3n) is 5.02. The van der Waals surface area contributed by atoms with Gasteiger partial charge in [-0.15, -0.1) is 0 Å². The molecule has 0 spiro atoms. The SMILES string of the molecule is COc1ccc2c(c1)CC(c1nc3ccc(-c4cc(F)nc(F)c4)cc3o1)CO2. The largest absolute Gasteiger partial charge is 0.497 e. The second-order valence-electron chi connectivity index (χ2n) is 6.92. The monoisotopic (exact) mass is 394 g/mol. The fourth-order valence-electron chi connectivity index (χ4n) is 3.58. The second kappa shape index (κ2) is 6.84. The van der Waals surface area contributed by atoms with Gasteiger partial charge in [0.1, 0.15) is 23.6 Å². The van der Waals surface area contributed by atoms with Crippen LogP contribution in [0.4, 0.5) is 8.78 Å². The van der Waals surface area contributed by atoms with Gasteiger partial charge in [-0.2, -0.15) is 13.8 Å². The molecule has 0 amide bonds. The smallest absolute Gasteiger partial charge is 0.216 e. The number of aromatic nitrogens is 2. The van der Waals surface area contributed by atoms with E-state index in [1.54, 1.807) is 25.3 Å². The van der Waals surface area contributed by atoms with E-state index < -0.39 is 11.9 Å². The molecule has 0 radical (unpaired) electrons. The van der Waals surface area contributed by atoms with Gasteiger partial charge in [-0.1, -0.05) is 6.07 Å². The Balaban J connectivity index is 1.47. The predicted molar refractivity (Wildman–Crippen MR) is 102 cm³/mol. The van der Waals surface area contributed by atoms with Crippen LogP contribution < -0.4 is 9.47 Å². The van der Waals surface area contributed by atoms with Crippen LogP contribution in [0.5, 0.6) is 11.5 Å². The first kappa shape index (κ1) is 17.6. The maximum Gasteiger partial charge on any atom is 0.216 e. The Kier molecular flexibility index (Phi) is 4.16. The molecule has 5 rings (SSSR count). The van der Waals surface area contributed by atoms with E-state index in [-0.39, 0.29) is 5.92 Å². The van der Waals surface area contributed by atoms with Crippen LogP contribution in [0.2, 0.25) is 0 Å². The third kappa shape index (κ3) is 3.29. The summed E-state index contributed by atoms with van der Waals surface area (Å²) >= 11 is 0. The quantitative estimate of drug-likeness (QED) is 0.463. The molecule has 5 nitrogen and oxygen atoms in total. The van der Waals surface area contributed by atoms with Crippen molar-refractivity contribution in [2.24, 2.45) is 0 Å². The van der Waals surface area contributed by atoms with Crippen molar-refractivity contribution in [3.8, 4) is 22.6 Å². The summed E-state index contributed by atoms with van der Waals surface area (Å²) in [5.41, 5.74) is 3.26. The zero-order valence-electron chi connectivity index (χ0n) is 15.5. The molecule has 0 saturated carbocycles. The topological polar surface area (TPSA) is 57.4 Å². The molecular weight excluding hydrogens is 378 g/mol.